The molecule has 3 heterocycles. The summed E-state index contributed by atoms with van der Waals surface area (Å²) in [5, 5.41) is 47.5. The number of allylic oxidation sites excluding steroid dienone is 1. The maximum atomic E-state index is 9.21. The first-order valence-electron chi connectivity index (χ1n) is 8.98. The Kier molecular flexibility index (Phi) is 8.40. The second kappa shape index (κ2) is 11.4. The number of fused-ring (bicyclic) bond motifs is 1. The van der Waals surface area contributed by atoms with Crippen molar-refractivity contribution in [3.63, 3.8) is 0 Å². The molecule has 4 rings (SSSR count). The first-order chi connectivity index (χ1) is 15.7. The first-order valence-corrected chi connectivity index (χ1v) is 12.5. The molecular weight excluding hydrogens is 475 g/mol. The van der Waals surface area contributed by atoms with Gasteiger partial charge in [0, 0.05) is 17.3 Å². The Labute approximate surface area is 202 Å². The molecule has 2 aliphatic rings. The van der Waals surface area contributed by atoms with Gasteiger partial charge in [-0.25, -0.2) is 0 Å². The largest absolute Gasteiger partial charge is 0.333 e. The van der Waals surface area contributed by atoms with Crippen molar-refractivity contribution >= 4 is 69.0 Å². The molecule has 0 radical (unpaired) electrons. The SMILES string of the molecule is C1=CSC(=C2SC=CS2)S1.C=CCn1c(=C(C#N)C#N)c2ccccc2c1=C(C#N)C#N. The van der Waals surface area contributed by atoms with Gasteiger partial charge < -0.3 is 4.57 Å². The summed E-state index contributed by atoms with van der Waals surface area (Å²) in [4.78, 5) is 0. The first kappa shape index (κ1) is 23.5. The summed E-state index contributed by atoms with van der Waals surface area (Å²) in [6.45, 7) is 3.94. The molecule has 0 saturated carbocycles. The molecule has 0 atom stereocenters. The highest BCUT2D eigenvalue weighted by atomic mass is 32.2. The van der Waals surface area contributed by atoms with Gasteiger partial charge in [0.2, 0.25) is 0 Å². The van der Waals surface area contributed by atoms with Gasteiger partial charge in [-0.1, -0.05) is 77.4 Å². The van der Waals surface area contributed by atoms with E-state index in [1.165, 1.54) is 8.47 Å². The van der Waals surface area contributed by atoms with E-state index < -0.39 is 0 Å². The molecule has 1 aromatic heterocycles. The highest BCUT2D eigenvalue weighted by molar-refractivity contribution is 8.33. The van der Waals surface area contributed by atoms with Gasteiger partial charge in [0.05, 0.1) is 19.2 Å². The number of aromatic nitrogens is 1. The Balaban J connectivity index is 0.000000238. The molecule has 0 aliphatic carbocycles. The average molecular weight is 488 g/mol. The number of thioether (sulfide) groups is 4. The molecule has 5 nitrogen and oxygen atoms in total. The topological polar surface area (TPSA) is 100 Å². The Morgan fingerprint density at radius 1 is 0.750 bits per heavy atom. The summed E-state index contributed by atoms with van der Waals surface area (Å²) >= 11 is 7.28. The number of nitriles is 4. The van der Waals surface area contributed by atoms with Gasteiger partial charge in [0.25, 0.3) is 0 Å². The molecule has 0 amide bonds. The van der Waals surface area contributed by atoms with E-state index in [4.69, 9.17) is 0 Å². The number of nitrogens with zero attached hydrogens (tertiary/aromatic N) is 5. The molecule has 0 fully saturated rings. The molecular formula is C23H13N5S4. The smallest absolute Gasteiger partial charge is 0.153 e. The van der Waals surface area contributed by atoms with Crippen LogP contribution in [0.4, 0.5) is 0 Å². The molecule has 9 heteroatoms. The van der Waals surface area contributed by atoms with Gasteiger partial charge in [0.1, 0.15) is 24.3 Å². The molecule has 0 unspecified atom stereocenters. The van der Waals surface area contributed by atoms with Crippen LogP contribution in [0.3, 0.4) is 0 Å². The molecule has 1 aromatic carbocycles. The van der Waals surface area contributed by atoms with Crippen LogP contribution in [0.1, 0.15) is 0 Å². The Bertz CT molecular complexity index is 1310. The third-order valence-corrected chi connectivity index (χ3v) is 8.97. The van der Waals surface area contributed by atoms with Crippen LogP contribution in [0.2, 0.25) is 0 Å². The lowest BCUT2D eigenvalue weighted by Gasteiger charge is -2.00. The summed E-state index contributed by atoms with van der Waals surface area (Å²) in [6.07, 6.45) is 1.59. The highest BCUT2D eigenvalue weighted by Crippen LogP contribution is 2.50. The molecule has 2 aromatic rings. The zero-order valence-corrected chi connectivity index (χ0v) is 19.7. The Hall–Kier alpha value is -3.18. The van der Waals surface area contributed by atoms with Gasteiger partial charge in [-0.05, 0) is 21.6 Å². The van der Waals surface area contributed by atoms with Gasteiger partial charge in [-0.3, -0.25) is 0 Å². The summed E-state index contributed by atoms with van der Waals surface area (Å²) in [6, 6.07) is 14.6. The van der Waals surface area contributed by atoms with Gasteiger partial charge in [0.15, 0.2) is 11.1 Å². The van der Waals surface area contributed by atoms with Crippen LogP contribution in [-0.2, 0) is 6.54 Å². The summed E-state index contributed by atoms with van der Waals surface area (Å²) in [5.74, 6) is 0. The van der Waals surface area contributed by atoms with Crippen LogP contribution in [0, 0.1) is 45.3 Å². The van der Waals surface area contributed by atoms with Crippen LogP contribution in [0.15, 0.2) is 67.0 Å². The lowest BCUT2D eigenvalue weighted by molar-refractivity contribution is 0.781. The third kappa shape index (κ3) is 4.83. The van der Waals surface area contributed by atoms with E-state index in [0.29, 0.717) is 21.5 Å². The van der Waals surface area contributed by atoms with Crippen LogP contribution >= 0.6 is 47.0 Å². The van der Waals surface area contributed by atoms with Crippen LogP contribution in [0.5, 0.6) is 0 Å². The summed E-state index contributed by atoms with van der Waals surface area (Å²) in [7, 11) is 0. The number of rotatable bonds is 2. The van der Waals surface area contributed by atoms with Crippen LogP contribution < -0.4 is 10.7 Å². The lowest BCUT2D eigenvalue weighted by Crippen LogP contribution is -2.29. The molecule has 0 bridgehead atoms. The van der Waals surface area contributed by atoms with E-state index in [0.717, 1.165) is 0 Å². The van der Waals surface area contributed by atoms with E-state index in [1.807, 2.05) is 71.3 Å². The zero-order valence-electron chi connectivity index (χ0n) is 16.5. The maximum Gasteiger partial charge on any atom is 0.153 e. The predicted octanol–water partition coefficient (Wildman–Crippen LogP) is 5.24. The fraction of sp³-hybridized carbons (Fsp3) is 0.0435. The van der Waals surface area contributed by atoms with Gasteiger partial charge in [-0.15, -0.1) is 6.58 Å². The van der Waals surface area contributed by atoms with E-state index in [-0.39, 0.29) is 17.7 Å². The Morgan fingerprint density at radius 2 is 1.12 bits per heavy atom. The van der Waals surface area contributed by atoms with Crippen molar-refractivity contribution in [3.05, 3.63) is 77.7 Å². The van der Waals surface area contributed by atoms with Crippen molar-refractivity contribution in [1.29, 1.82) is 21.0 Å². The summed E-state index contributed by atoms with van der Waals surface area (Å²) < 4.78 is 4.47. The highest BCUT2D eigenvalue weighted by Gasteiger charge is 2.14. The predicted molar refractivity (Wildman–Crippen MR) is 136 cm³/mol. The number of hydrogen-bond acceptors (Lipinski definition) is 8. The van der Waals surface area contributed by atoms with Crippen LogP contribution in [0.25, 0.3) is 21.9 Å². The van der Waals surface area contributed by atoms with Crippen molar-refractivity contribution in [2.75, 3.05) is 0 Å². The standard InChI is InChI=1S/C17H9N5.C6H4S4/c1-2-7-22-16(12(8-18)9-19)14-5-3-4-6-15(14)17(22)13(10-20)11-21;1-2-8-5(7-1)6-9-3-4-10-6/h2-6H,1,7H2;1-4H. The minimum Gasteiger partial charge on any atom is -0.333 e. The summed E-state index contributed by atoms with van der Waals surface area (Å²) in [5.41, 5.74) is -0.140. The minimum absolute atomic E-state index is 0.0699. The average Bonchev–Trinajstić information content (AvgIpc) is 3.58. The quantitative estimate of drug-likeness (QED) is 0.530. The zero-order chi connectivity index (χ0) is 22.9. The van der Waals surface area contributed by atoms with Gasteiger partial charge >= 0.3 is 0 Å². The van der Waals surface area contributed by atoms with E-state index in [9.17, 15) is 21.0 Å². The third-order valence-electron chi connectivity index (χ3n) is 4.19. The number of hydrogen-bond donors (Lipinski definition) is 0. The van der Waals surface area contributed by atoms with E-state index in [1.54, 1.807) is 34.9 Å². The van der Waals surface area contributed by atoms with Crippen molar-refractivity contribution in [3.8, 4) is 24.3 Å². The van der Waals surface area contributed by atoms with Crippen molar-refractivity contribution in [1.82, 2.24) is 4.57 Å². The second-order valence-electron chi connectivity index (χ2n) is 5.93. The maximum absolute atomic E-state index is 9.21. The molecule has 154 valence electrons. The van der Waals surface area contributed by atoms with Crippen molar-refractivity contribution < 1.29 is 0 Å². The number of benzene rings is 1. The molecule has 2 aliphatic heterocycles. The van der Waals surface area contributed by atoms with Gasteiger partial charge in [-0.2, -0.15) is 21.0 Å². The molecule has 32 heavy (non-hydrogen) atoms. The van der Waals surface area contributed by atoms with Crippen molar-refractivity contribution in [2.45, 2.75) is 6.54 Å². The lowest BCUT2D eigenvalue weighted by atomic mass is 10.1. The molecule has 0 spiro atoms. The van der Waals surface area contributed by atoms with Crippen molar-refractivity contribution in [2.24, 2.45) is 0 Å². The second-order valence-corrected chi connectivity index (χ2v) is 10.1. The normalized spacial score (nSPS) is 13.5. The minimum atomic E-state index is -0.0699. The fourth-order valence-corrected chi connectivity index (χ4v) is 7.05. The Morgan fingerprint density at radius 3 is 1.44 bits per heavy atom. The van der Waals surface area contributed by atoms with E-state index in [2.05, 4.69) is 28.2 Å². The fourth-order valence-electron chi connectivity index (χ4n) is 3.02. The van der Waals surface area contributed by atoms with Crippen LogP contribution in [-0.4, -0.2) is 4.57 Å². The monoisotopic (exact) mass is 487 g/mol. The molecule has 0 N–H and O–H groups in total. The van der Waals surface area contributed by atoms with E-state index >= 15 is 0 Å². The molecule has 0 saturated heterocycles.